The maximum Gasteiger partial charge on any atom is 0.133 e. The fourth-order valence-corrected chi connectivity index (χ4v) is 3.22. The van der Waals surface area contributed by atoms with E-state index in [2.05, 4.69) is 38.5 Å². The molecule has 5 heteroatoms. The van der Waals surface area contributed by atoms with Crippen LogP contribution in [0.4, 0.5) is 0 Å². The topological polar surface area (TPSA) is 35.2 Å². The summed E-state index contributed by atoms with van der Waals surface area (Å²) in [5.41, 5.74) is 8.35. The number of hydrogen-bond donors (Lipinski definition) is 1. The molecule has 0 radical (unpaired) electrons. The van der Waals surface area contributed by atoms with Crippen LogP contribution < -0.4 is 10.5 Å². The van der Waals surface area contributed by atoms with Gasteiger partial charge in [0.05, 0.1) is 17.6 Å². The lowest BCUT2D eigenvalue weighted by Crippen LogP contribution is -2.13. The van der Waals surface area contributed by atoms with Crippen molar-refractivity contribution in [2.45, 2.75) is 6.04 Å². The van der Waals surface area contributed by atoms with Gasteiger partial charge in [0, 0.05) is 8.59 Å². The van der Waals surface area contributed by atoms with Gasteiger partial charge in [0.15, 0.2) is 0 Å². The highest BCUT2D eigenvalue weighted by atomic mass is 127. The lowest BCUT2D eigenvalue weighted by molar-refractivity contribution is 0.412. The zero-order chi connectivity index (χ0) is 14.0. The quantitative estimate of drug-likeness (QED) is 0.682. The molecule has 1 unspecified atom stereocenters. The summed E-state index contributed by atoms with van der Waals surface area (Å²) in [6, 6.07) is 11.4. The maximum atomic E-state index is 6.32. The van der Waals surface area contributed by atoms with Crippen LogP contribution in [0, 0.1) is 3.57 Å². The summed E-state index contributed by atoms with van der Waals surface area (Å²) in [5, 5.41) is 0.693. The van der Waals surface area contributed by atoms with E-state index in [9.17, 15) is 0 Å². The maximum absolute atomic E-state index is 6.32. The molecular formula is C14H12BrClINO. The van der Waals surface area contributed by atoms with Crippen LogP contribution in [-0.4, -0.2) is 7.11 Å². The molecule has 0 aliphatic rings. The molecule has 100 valence electrons. The number of hydrogen-bond acceptors (Lipinski definition) is 2. The molecule has 2 rings (SSSR count). The molecule has 0 aliphatic carbocycles. The van der Waals surface area contributed by atoms with Crippen molar-refractivity contribution in [2.75, 3.05) is 7.11 Å². The fraction of sp³-hybridized carbons (Fsp3) is 0.143. The summed E-state index contributed by atoms with van der Waals surface area (Å²) < 4.78 is 7.21. The summed E-state index contributed by atoms with van der Waals surface area (Å²) in [4.78, 5) is 0. The van der Waals surface area contributed by atoms with Gasteiger partial charge < -0.3 is 10.5 Å². The second-order valence-electron chi connectivity index (χ2n) is 4.04. The standard InChI is InChI=1S/C14H12BrClINO/c1-19-13-5-2-8(6-11(13)15)14(18)10-7-9(16)3-4-12(10)17/h2-7,14H,18H2,1H3. The molecule has 0 aromatic heterocycles. The van der Waals surface area contributed by atoms with Crippen molar-refractivity contribution < 1.29 is 4.74 Å². The Morgan fingerprint density at radius 2 is 2.00 bits per heavy atom. The summed E-state index contributed by atoms with van der Waals surface area (Å²) in [6.45, 7) is 0. The van der Waals surface area contributed by atoms with Gasteiger partial charge in [0.25, 0.3) is 0 Å². The van der Waals surface area contributed by atoms with Gasteiger partial charge in [-0.15, -0.1) is 0 Å². The van der Waals surface area contributed by atoms with Gasteiger partial charge in [-0.2, -0.15) is 0 Å². The minimum absolute atomic E-state index is 0.215. The average molecular weight is 453 g/mol. The van der Waals surface area contributed by atoms with Crippen molar-refractivity contribution in [3.8, 4) is 5.75 Å². The average Bonchev–Trinajstić information content (AvgIpc) is 2.40. The smallest absolute Gasteiger partial charge is 0.133 e. The Morgan fingerprint density at radius 1 is 1.26 bits per heavy atom. The van der Waals surface area contributed by atoms with Gasteiger partial charge in [-0.3, -0.25) is 0 Å². The van der Waals surface area contributed by atoms with Gasteiger partial charge in [0.2, 0.25) is 0 Å². The molecule has 0 amide bonds. The SMILES string of the molecule is COc1ccc(C(N)c2cc(Cl)ccc2I)cc1Br. The number of methoxy groups -OCH3 is 1. The van der Waals surface area contributed by atoms with E-state index in [1.54, 1.807) is 7.11 Å². The van der Waals surface area contributed by atoms with Gasteiger partial charge in [0.1, 0.15) is 5.75 Å². The van der Waals surface area contributed by atoms with E-state index in [1.807, 2.05) is 36.4 Å². The van der Waals surface area contributed by atoms with Gasteiger partial charge >= 0.3 is 0 Å². The van der Waals surface area contributed by atoms with Gasteiger partial charge in [-0.1, -0.05) is 17.7 Å². The number of nitrogens with two attached hydrogens (primary N) is 1. The Hall–Kier alpha value is -0.300. The highest BCUT2D eigenvalue weighted by Gasteiger charge is 2.14. The van der Waals surface area contributed by atoms with Crippen LogP contribution in [0.2, 0.25) is 5.02 Å². The molecule has 2 nitrogen and oxygen atoms in total. The molecule has 0 heterocycles. The Labute approximate surface area is 139 Å². The number of halogens is 3. The van der Waals surface area contributed by atoms with Crippen molar-refractivity contribution in [1.29, 1.82) is 0 Å². The summed E-state index contributed by atoms with van der Waals surface area (Å²) in [5.74, 6) is 0.789. The molecule has 0 aliphatic heterocycles. The lowest BCUT2D eigenvalue weighted by Gasteiger charge is -2.16. The fourth-order valence-electron chi connectivity index (χ4n) is 1.81. The van der Waals surface area contributed by atoms with Crippen LogP contribution in [-0.2, 0) is 0 Å². The van der Waals surface area contributed by atoms with Gasteiger partial charge in [-0.25, -0.2) is 0 Å². The highest BCUT2D eigenvalue weighted by Crippen LogP contribution is 2.32. The third-order valence-corrected chi connectivity index (χ3v) is 4.67. The van der Waals surface area contributed by atoms with Crippen molar-refractivity contribution in [1.82, 2.24) is 0 Å². The van der Waals surface area contributed by atoms with E-state index in [0.29, 0.717) is 5.02 Å². The number of benzene rings is 2. The van der Waals surface area contributed by atoms with Crippen LogP contribution >= 0.6 is 50.1 Å². The summed E-state index contributed by atoms with van der Waals surface area (Å²) in [6.07, 6.45) is 0. The van der Waals surface area contributed by atoms with Crippen LogP contribution in [0.1, 0.15) is 17.2 Å². The van der Waals surface area contributed by atoms with Crippen molar-refractivity contribution in [3.63, 3.8) is 0 Å². The molecule has 2 aromatic rings. The predicted molar refractivity (Wildman–Crippen MR) is 90.9 cm³/mol. The molecular weight excluding hydrogens is 440 g/mol. The molecule has 19 heavy (non-hydrogen) atoms. The Bertz CT molecular complexity index is 606. The molecule has 2 aromatic carbocycles. The molecule has 0 saturated heterocycles. The van der Waals surface area contributed by atoms with Crippen LogP contribution in [0.25, 0.3) is 0 Å². The minimum atomic E-state index is -0.215. The molecule has 0 spiro atoms. The summed E-state index contributed by atoms with van der Waals surface area (Å²) in [7, 11) is 1.64. The Kier molecular flexibility index (Phi) is 5.11. The lowest BCUT2D eigenvalue weighted by atomic mass is 10.00. The third-order valence-electron chi connectivity index (χ3n) is 2.83. The third kappa shape index (κ3) is 3.42. The van der Waals surface area contributed by atoms with E-state index >= 15 is 0 Å². The molecule has 0 saturated carbocycles. The monoisotopic (exact) mass is 451 g/mol. The second kappa shape index (κ2) is 6.43. The first-order valence-corrected chi connectivity index (χ1v) is 7.82. The van der Waals surface area contributed by atoms with E-state index in [1.165, 1.54) is 0 Å². The molecule has 0 bridgehead atoms. The minimum Gasteiger partial charge on any atom is -0.496 e. The molecule has 1 atom stereocenters. The number of ether oxygens (including phenoxy) is 1. The summed E-state index contributed by atoms with van der Waals surface area (Å²) >= 11 is 11.8. The number of rotatable bonds is 3. The molecule has 2 N–H and O–H groups in total. The first-order chi connectivity index (χ1) is 9.02. The Morgan fingerprint density at radius 3 is 2.63 bits per heavy atom. The predicted octanol–water partition coefficient (Wildman–Crippen LogP) is 4.76. The van der Waals surface area contributed by atoms with E-state index in [4.69, 9.17) is 22.1 Å². The first-order valence-electron chi connectivity index (χ1n) is 5.57. The zero-order valence-electron chi connectivity index (χ0n) is 10.2. The van der Waals surface area contributed by atoms with Crippen molar-refractivity contribution >= 4 is 50.1 Å². The normalized spacial score (nSPS) is 12.3. The highest BCUT2D eigenvalue weighted by molar-refractivity contribution is 14.1. The van der Waals surface area contributed by atoms with E-state index < -0.39 is 0 Å². The van der Waals surface area contributed by atoms with E-state index in [0.717, 1.165) is 24.9 Å². The Balaban J connectivity index is 2.41. The van der Waals surface area contributed by atoms with Crippen LogP contribution in [0.5, 0.6) is 5.75 Å². The molecule has 0 fully saturated rings. The second-order valence-corrected chi connectivity index (χ2v) is 6.49. The first kappa shape index (κ1) is 15.1. The van der Waals surface area contributed by atoms with E-state index in [-0.39, 0.29) is 6.04 Å². The van der Waals surface area contributed by atoms with Crippen molar-refractivity contribution in [2.24, 2.45) is 5.73 Å². The van der Waals surface area contributed by atoms with Gasteiger partial charge in [-0.05, 0) is 80.0 Å². The van der Waals surface area contributed by atoms with Crippen LogP contribution in [0.3, 0.4) is 0 Å². The van der Waals surface area contributed by atoms with Crippen molar-refractivity contribution in [3.05, 3.63) is 60.6 Å². The zero-order valence-corrected chi connectivity index (χ0v) is 14.7. The van der Waals surface area contributed by atoms with Crippen LogP contribution in [0.15, 0.2) is 40.9 Å². The largest absolute Gasteiger partial charge is 0.496 e.